The molecule has 0 unspecified atom stereocenters. The van der Waals surface area contributed by atoms with Gasteiger partial charge in [0.2, 0.25) is 5.91 Å². The van der Waals surface area contributed by atoms with Gasteiger partial charge in [-0.05, 0) is 33.3 Å². The van der Waals surface area contributed by atoms with Crippen molar-refractivity contribution in [1.29, 1.82) is 0 Å². The zero-order chi connectivity index (χ0) is 18.2. The molecule has 0 aromatic heterocycles. The summed E-state index contributed by atoms with van der Waals surface area (Å²) >= 11 is 0. The van der Waals surface area contributed by atoms with Crippen molar-refractivity contribution in [1.82, 2.24) is 10.6 Å². The molecule has 1 aromatic rings. The zero-order valence-electron chi connectivity index (χ0n) is 14.7. The standard InChI is InChI=1S/C18H26N2O4/c1-13(14-8-6-5-7-9-14)19-15(21)10-11-17(23)24-12-16(22)20-18(2,3)4/h5-9,13H,10-12H2,1-4H3,(H,19,21)(H,20,22)/t13-/m1/s1. The lowest BCUT2D eigenvalue weighted by Crippen LogP contribution is -2.42. The Morgan fingerprint density at radius 2 is 1.67 bits per heavy atom. The summed E-state index contributed by atoms with van der Waals surface area (Å²) in [5.41, 5.74) is 0.615. The molecule has 0 aliphatic rings. The van der Waals surface area contributed by atoms with Gasteiger partial charge in [-0.15, -0.1) is 0 Å². The molecule has 1 atom stereocenters. The maximum Gasteiger partial charge on any atom is 0.306 e. The average Bonchev–Trinajstić information content (AvgIpc) is 2.50. The molecule has 6 heteroatoms. The van der Waals surface area contributed by atoms with E-state index in [0.717, 1.165) is 5.56 Å². The van der Waals surface area contributed by atoms with Crippen LogP contribution < -0.4 is 10.6 Å². The second kappa shape index (κ2) is 9.05. The first-order valence-corrected chi connectivity index (χ1v) is 7.98. The molecule has 2 N–H and O–H groups in total. The number of hydrogen-bond acceptors (Lipinski definition) is 4. The van der Waals surface area contributed by atoms with Gasteiger partial charge in [0.1, 0.15) is 0 Å². The van der Waals surface area contributed by atoms with Crippen LogP contribution in [0.15, 0.2) is 30.3 Å². The maximum atomic E-state index is 11.9. The minimum atomic E-state index is -0.568. The molecule has 1 aromatic carbocycles. The van der Waals surface area contributed by atoms with Crippen molar-refractivity contribution < 1.29 is 19.1 Å². The predicted octanol–water partition coefficient (Wildman–Crippen LogP) is 2.10. The minimum absolute atomic E-state index is 0.0247. The summed E-state index contributed by atoms with van der Waals surface area (Å²) < 4.78 is 4.86. The monoisotopic (exact) mass is 334 g/mol. The van der Waals surface area contributed by atoms with Crippen LogP contribution >= 0.6 is 0 Å². The Morgan fingerprint density at radius 1 is 1.04 bits per heavy atom. The molecule has 2 amide bonds. The Kier molecular flexibility index (Phi) is 7.42. The van der Waals surface area contributed by atoms with Crippen molar-refractivity contribution in [2.75, 3.05) is 6.61 Å². The highest BCUT2D eigenvalue weighted by Crippen LogP contribution is 2.11. The molecule has 1 rings (SSSR count). The third-order valence-corrected chi connectivity index (χ3v) is 3.11. The molecule has 24 heavy (non-hydrogen) atoms. The fourth-order valence-corrected chi connectivity index (χ4v) is 2.03. The quantitative estimate of drug-likeness (QED) is 0.748. The molecule has 0 heterocycles. The largest absolute Gasteiger partial charge is 0.456 e. The average molecular weight is 334 g/mol. The molecule has 0 saturated carbocycles. The third-order valence-electron chi connectivity index (χ3n) is 3.11. The maximum absolute atomic E-state index is 11.9. The lowest BCUT2D eigenvalue weighted by atomic mass is 10.1. The van der Waals surface area contributed by atoms with Crippen LogP contribution in [-0.4, -0.2) is 29.9 Å². The Balaban J connectivity index is 2.26. The summed E-state index contributed by atoms with van der Waals surface area (Å²) in [4.78, 5) is 35.0. The summed E-state index contributed by atoms with van der Waals surface area (Å²) in [5, 5.41) is 5.51. The molecule has 0 aliphatic carbocycles. The topological polar surface area (TPSA) is 84.5 Å². The third kappa shape index (κ3) is 8.31. The van der Waals surface area contributed by atoms with Gasteiger partial charge in [-0.3, -0.25) is 14.4 Å². The van der Waals surface area contributed by atoms with Gasteiger partial charge in [-0.2, -0.15) is 0 Å². The van der Waals surface area contributed by atoms with E-state index in [1.165, 1.54) is 0 Å². The lowest BCUT2D eigenvalue weighted by Gasteiger charge is -2.20. The van der Waals surface area contributed by atoms with E-state index in [1.807, 2.05) is 58.0 Å². The van der Waals surface area contributed by atoms with Crippen molar-refractivity contribution in [2.24, 2.45) is 0 Å². The van der Waals surface area contributed by atoms with Gasteiger partial charge in [0, 0.05) is 12.0 Å². The molecule has 0 bridgehead atoms. The van der Waals surface area contributed by atoms with Gasteiger partial charge >= 0.3 is 5.97 Å². The highest BCUT2D eigenvalue weighted by molar-refractivity contribution is 5.84. The summed E-state index contributed by atoms with van der Waals surface area (Å²) in [7, 11) is 0. The fourth-order valence-electron chi connectivity index (χ4n) is 2.03. The Morgan fingerprint density at radius 3 is 2.25 bits per heavy atom. The van der Waals surface area contributed by atoms with Crippen molar-refractivity contribution in [3.63, 3.8) is 0 Å². The number of carbonyl (C=O) groups is 3. The first-order chi connectivity index (χ1) is 11.2. The van der Waals surface area contributed by atoms with E-state index in [1.54, 1.807) is 0 Å². The number of esters is 1. The molecule has 6 nitrogen and oxygen atoms in total. The fraction of sp³-hybridized carbons (Fsp3) is 0.500. The Labute approximate surface area is 143 Å². The summed E-state index contributed by atoms with van der Waals surface area (Å²) in [6.07, 6.45) is -0.0347. The highest BCUT2D eigenvalue weighted by Gasteiger charge is 2.16. The number of nitrogens with one attached hydrogen (secondary N) is 2. The van der Waals surface area contributed by atoms with Gasteiger partial charge in [0.05, 0.1) is 12.5 Å². The second-order valence-electron chi connectivity index (χ2n) is 6.66. The summed E-state index contributed by atoms with van der Waals surface area (Å²) in [6.45, 7) is 7.06. The number of ether oxygens (including phenoxy) is 1. The Bertz CT molecular complexity index is 564. The Hall–Kier alpha value is -2.37. The molecule has 0 spiro atoms. The molecular formula is C18H26N2O4. The predicted molar refractivity (Wildman–Crippen MR) is 91.1 cm³/mol. The van der Waals surface area contributed by atoms with E-state index < -0.39 is 5.97 Å². The van der Waals surface area contributed by atoms with Crippen LogP contribution in [0.1, 0.15) is 52.1 Å². The van der Waals surface area contributed by atoms with Crippen LogP contribution in [0.5, 0.6) is 0 Å². The summed E-state index contributed by atoms with van der Waals surface area (Å²) in [5.74, 6) is -1.16. The highest BCUT2D eigenvalue weighted by atomic mass is 16.5. The second-order valence-corrected chi connectivity index (χ2v) is 6.66. The molecule has 0 fully saturated rings. The van der Waals surface area contributed by atoms with Crippen LogP contribution in [0.3, 0.4) is 0 Å². The van der Waals surface area contributed by atoms with Gasteiger partial charge < -0.3 is 15.4 Å². The first kappa shape index (κ1) is 19.7. The number of amides is 2. The van der Waals surface area contributed by atoms with Gasteiger partial charge in [0.15, 0.2) is 6.61 Å². The van der Waals surface area contributed by atoms with Crippen LogP contribution in [0, 0.1) is 0 Å². The number of rotatable bonds is 7. The van der Waals surface area contributed by atoms with Gasteiger partial charge in [-0.1, -0.05) is 30.3 Å². The van der Waals surface area contributed by atoms with E-state index in [2.05, 4.69) is 10.6 Å². The smallest absolute Gasteiger partial charge is 0.306 e. The molecule has 0 saturated heterocycles. The van der Waals surface area contributed by atoms with Gasteiger partial charge in [0.25, 0.3) is 5.91 Å². The number of carbonyl (C=O) groups excluding carboxylic acids is 3. The molecule has 132 valence electrons. The van der Waals surface area contributed by atoms with Crippen molar-refractivity contribution in [3.8, 4) is 0 Å². The van der Waals surface area contributed by atoms with Crippen molar-refractivity contribution in [2.45, 2.75) is 52.1 Å². The summed E-state index contributed by atoms with van der Waals surface area (Å²) in [6, 6.07) is 9.42. The lowest BCUT2D eigenvalue weighted by molar-refractivity contribution is -0.149. The normalized spacial score (nSPS) is 12.2. The van der Waals surface area contributed by atoms with E-state index in [4.69, 9.17) is 4.74 Å². The minimum Gasteiger partial charge on any atom is -0.456 e. The molecule has 0 aliphatic heterocycles. The van der Waals surface area contributed by atoms with Crippen LogP contribution in [-0.2, 0) is 19.1 Å². The van der Waals surface area contributed by atoms with Crippen molar-refractivity contribution in [3.05, 3.63) is 35.9 Å². The van der Waals surface area contributed by atoms with E-state index in [-0.39, 0.29) is 42.8 Å². The van der Waals surface area contributed by atoms with E-state index in [0.29, 0.717) is 0 Å². The van der Waals surface area contributed by atoms with Gasteiger partial charge in [-0.25, -0.2) is 0 Å². The first-order valence-electron chi connectivity index (χ1n) is 7.98. The molecule has 0 radical (unpaired) electrons. The van der Waals surface area contributed by atoms with Crippen LogP contribution in [0.4, 0.5) is 0 Å². The zero-order valence-corrected chi connectivity index (χ0v) is 14.7. The van der Waals surface area contributed by atoms with Crippen LogP contribution in [0.25, 0.3) is 0 Å². The van der Waals surface area contributed by atoms with E-state index >= 15 is 0 Å². The number of hydrogen-bond donors (Lipinski definition) is 2. The molecular weight excluding hydrogens is 308 g/mol. The SMILES string of the molecule is C[C@@H](NC(=O)CCC(=O)OCC(=O)NC(C)(C)C)c1ccccc1. The van der Waals surface area contributed by atoms with Crippen LogP contribution in [0.2, 0.25) is 0 Å². The van der Waals surface area contributed by atoms with Crippen molar-refractivity contribution >= 4 is 17.8 Å². The number of benzene rings is 1. The van der Waals surface area contributed by atoms with E-state index in [9.17, 15) is 14.4 Å².